The predicted molar refractivity (Wildman–Crippen MR) is 66.3 cm³/mol. The van der Waals surface area contributed by atoms with Crippen LogP contribution in [0.4, 0.5) is 4.79 Å². The van der Waals surface area contributed by atoms with Gasteiger partial charge in [-0.3, -0.25) is 0 Å². The van der Waals surface area contributed by atoms with Crippen molar-refractivity contribution < 1.29 is 19.8 Å². The Morgan fingerprint density at radius 3 is 2.61 bits per heavy atom. The lowest BCUT2D eigenvalue weighted by molar-refractivity contribution is -0.139. The number of carboxylic acid groups (broad SMARTS) is 1. The summed E-state index contributed by atoms with van der Waals surface area (Å²) < 4.78 is 0. The van der Waals surface area contributed by atoms with Gasteiger partial charge >= 0.3 is 12.0 Å². The maximum Gasteiger partial charge on any atom is 0.326 e. The molecule has 104 valence electrons. The molecular weight excluding hydrogens is 236 g/mol. The fourth-order valence-corrected chi connectivity index (χ4v) is 2.02. The lowest BCUT2D eigenvalue weighted by atomic mass is 10.1. The van der Waals surface area contributed by atoms with Gasteiger partial charge in [0, 0.05) is 6.54 Å². The average Bonchev–Trinajstić information content (AvgIpc) is 2.64. The van der Waals surface area contributed by atoms with E-state index in [-0.39, 0.29) is 6.54 Å². The molecular formula is C12H22N2O4. The molecule has 2 atom stereocenters. The lowest BCUT2D eigenvalue weighted by Crippen LogP contribution is -2.48. The summed E-state index contributed by atoms with van der Waals surface area (Å²) in [5.74, 6) is -1.01. The summed E-state index contributed by atoms with van der Waals surface area (Å²) >= 11 is 0. The number of urea groups is 1. The van der Waals surface area contributed by atoms with Crippen LogP contribution in [0.3, 0.4) is 0 Å². The minimum absolute atomic E-state index is 0.249. The van der Waals surface area contributed by atoms with E-state index in [0.717, 1.165) is 12.8 Å². The number of rotatable bonds is 5. The molecule has 1 aliphatic heterocycles. The quantitative estimate of drug-likeness (QED) is 0.680. The van der Waals surface area contributed by atoms with Crippen LogP contribution in [0.5, 0.6) is 0 Å². The fourth-order valence-electron chi connectivity index (χ4n) is 2.02. The smallest absolute Gasteiger partial charge is 0.326 e. The van der Waals surface area contributed by atoms with Gasteiger partial charge in [-0.1, -0.05) is 19.8 Å². The summed E-state index contributed by atoms with van der Waals surface area (Å²) in [6.45, 7) is 4.35. The number of unbranched alkanes of at least 4 members (excludes halogenated alkanes) is 1. The van der Waals surface area contributed by atoms with Crippen LogP contribution >= 0.6 is 0 Å². The summed E-state index contributed by atoms with van der Waals surface area (Å²) in [5.41, 5.74) is -0.862. The van der Waals surface area contributed by atoms with E-state index < -0.39 is 23.6 Å². The number of amides is 2. The molecule has 0 aliphatic carbocycles. The number of hydrogen-bond donors (Lipinski definition) is 3. The molecule has 1 heterocycles. The van der Waals surface area contributed by atoms with Crippen LogP contribution in [-0.2, 0) is 4.79 Å². The Hall–Kier alpha value is -1.30. The highest BCUT2D eigenvalue weighted by Gasteiger charge is 2.35. The Morgan fingerprint density at radius 1 is 1.50 bits per heavy atom. The molecule has 0 aromatic heterocycles. The molecule has 0 aromatic rings. The highest BCUT2D eigenvalue weighted by molar-refractivity contribution is 5.82. The number of likely N-dealkylation sites (tertiary alicyclic amines) is 1. The Kier molecular flexibility index (Phi) is 4.95. The van der Waals surface area contributed by atoms with E-state index in [1.165, 1.54) is 4.90 Å². The van der Waals surface area contributed by atoms with E-state index in [2.05, 4.69) is 5.32 Å². The van der Waals surface area contributed by atoms with Gasteiger partial charge in [0.25, 0.3) is 0 Å². The first-order valence-corrected chi connectivity index (χ1v) is 6.36. The maximum absolute atomic E-state index is 11.9. The number of nitrogens with one attached hydrogen (secondary N) is 1. The number of nitrogens with zero attached hydrogens (tertiary/aromatic N) is 1. The van der Waals surface area contributed by atoms with E-state index >= 15 is 0 Å². The van der Waals surface area contributed by atoms with Crippen molar-refractivity contribution >= 4 is 12.0 Å². The molecule has 0 spiro atoms. The molecule has 2 amide bonds. The molecule has 1 rings (SSSR count). The molecule has 1 saturated heterocycles. The Labute approximate surface area is 107 Å². The van der Waals surface area contributed by atoms with Crippen LogP contribution in [0.1, 0.15) is 39.5 Å². The first-order chi connectivity index (χ1) is 8.35. The highest BCUT2D eigenvalue weighted by Crippen LogP contribution is 2.20. The molecule has 0 bridgehead atoms. The van der Waals surface area contributed by atoms with Crippen molar-refractivity contribution in [2.24, 2.45) is 0 Å². The zero-order valence-electron chi connectivity index (χ0n) is 11.0. The number of carbonyl (C=O) groups excluding carboxylic acids is 1. The van der Waals surface area contributed by atoms with Gasteiger partial charge in [-0.2, -0.15) is 0 Å². The highest BCUT2D eigenvalue weighted by atomic mass is 16.4. The Balaban J connectivity index is 2.49. The molecule has 0 aromatic carbocycles. The van der Waals surface area contributed by atoms with E-state index in [9.17, 15) is 14.7 Å². The largest absolute Gasteiger partial charge is 0.480 e. The second-order valence-electron chi connectivity index (χ2n) is 5.15. The van der Waals surface area contributed by atoms with Gasteiger partial charge in [0.15, 0.2) is 0 Å². The van der Waals surface area contributed by atoms with Crippen LogP contribution in [0.15, 0.2) is 0 Å². The molecule has 1 aliphatic rings. The summed E-state index contributed by atoms with van der Waals surface area (Å²) in [4.78, 5) is 24.3. The van der Waals surface area contributed by atoms with E-state index in [0.29, 0.717) is 19.4 Å². The Morgan fingerprint density at radius 2 is 2.17 bits per heavy atom. The third-order valence-corrected chi connectivity index (χ3v) is 3.18. The first-order valence-electron chi connectivity index (χ1n) is 6.36. The molecule has 0 radical (unpaired) electrons. The summed E-state index contributed by atoms with van der Waals surface area (Å²) in [5, 5.41) is 21.3. The maximum atomic E-state index is 11.9. The standard InChI is InChI=1S/C12H22N2O4/c1-3-4-5-9(10(15)16)13-11(17)14-7-6-12(2,18)8-14/h9,18H,3-8H2,1-2H3,(H,13,17)(H,15,16). The zero-order chi connectivity index (χ0) is 13.8. The van der Waals surface area contributed by atoms with Crippen LogP contribution in [0.25, 0.3) is 0 Å². The van der Waals surface area contributed by atoms with E-state index in [1.54, 1.807) is 6.92 Å². The van der Waals surface area contributed by atoms with E-state index in [4.69, 9.17) is 5.11 Å². The Bertz CT molecular complexity index is 317. The number of aliphatic hydroxyl groups is 1. The fraction of sp³-hybridized carbons (Fsp3) is 0.833. The predicted octanol–water partition coefficient (Wildman–Crippen LogP) is 0.796. The third-order valence-electron chi connectivity index (χ3n) is 3.18. The van der Waals surface area contributed by atoms with Gasteiger partial charge in [-0.25, -0.2) is 9.59 Å². The average molecular weight is 258 g/mol. The topological polar surface area (TPSA) is 89.9 Å². The molecule has 18 heavy (non-hydrogen) atoms. The minimum atomic E-state index is -1.01. The first kappa shape index (κ1) is 14.8. The van der Waals surface area contributed by atoms with Gasteiger partial charge in [0.05, 0.1) is 12.1 Å². The van der Waals surface area contributed by atoms with E-state index in [1.807, 2.05) is 6.92 Å². The van der Waals surface area contributed by atoms with Crippen LogP contribution in [-0.4, -0.2) is 51.8 Å². The number of aliphatic carboxylic acids is 1. The van der Waals surface area contributed by atoms with Crippen molar-refractivity contribution in [3.05, 3.63) is 0 Å². The van der Waals surface area contributed by atoms with Crippen molar-refractivity contribution in [1.29, 1.82) is 0 Å². The second kappa shape index (κ2) is 6.04. The van der Waals surface area contributed by atoms with Crippen LogP contribution < -0.4 is 5.32 Å². The molecule has 3 N–H and O–H groups in total. The van der Waals surface area contributed by atoms with Gasteiger partial charge in [-0.15, -0.1) is 0 Å². The monoisotopic (exact) mass is 258 g/mol. The van der Waals surface area contributed by atoms with Crippen molar-refractivity contribution in [1.82, 2.24) is 10.2 Å². The molecule has 6 heteroatoms. The zero-order valence-corrected chi connectivity index (χ0v) is 11.0. The molecule has 6 nitrogen and oxygen atoms in total. The second-order valence-corrected chi connectivity index (χ2v) is 5.15. The van der Waals surface area contributed by atoms with Crippen molar-refractivity contribution in [3.63, 3.8) is 0 Å². The lowest BCUT2D eigenvalue weighted by Gasteiger charge is -2.22. The van der Waals surface area contributed by atoms with Crippen molar-refractivity contribution in [2.45, 2.75) is 51.2 Å². The van der Waals surface area contributed by atoms with Crippen LogP contribution in [0, 0.1) is 0 Å². The summed E-state index contributed by atoms with van der Waals surface area (Å²) in [6.07, 6.45) is 2.60. The third kappa shape index (κ3) is 4.18. The van der Waals surface area contributed by atoms with Gasteiger partial charge in [0.1, 0.15) is 6.04 Å². The number of hydrogen-bond acceptors (Lipinski definition) is 3. The van der Waals surface area contributed by atoms with Crippen molar-refractivity contribution in [3.8, 4) is 0 Å². The summed E-state index contributed by atoms with van der Waals surface area (Å²) in [7, 11) is 0. The minimum Gasteiger partial charge on any atom is -0.480 e. The number of carbonyl (C=O) groups is 2. The molecule has 2 unspecified atom stereocenters. The van der Waals surface area contributed by atoms with Gasteiger partial charge in [0.2, 0.25) is 0 Å². The van der Waals surface area contributed by atoms with Gasteiger partial charge < -0.3 is 20.4 Å². The molecule has 0 saturated carbocycles. The van der Waals surface area contributed by atoms with Gasteiger partial charge in [-0.05, 0) is 19.8 Å². The summed E-state index contributed by atoms with van der Waals surface area (Å²) in [6, 6.07) is -1.25. The van der Waals surface area contributed by atoms with Crippen LogP contribution in [0.2, 0.25) is 0 Å². The number of β-amino-alcohol motifs (C(OH)–C–C–N with tert-alkyl or cyclic N) is 1. The SMILES string of the molecule is CCCCC(NC(=O)N1CCC(C)(O)C1)C(=O)O. The normalized spacial score (nSPS) is 24.9. The molecule has 1 fully saturated rings. The number of carboxylic acids is 1. The van der Waals surface area contributed by atoms with Crippen molar-refractivity contribution in [2.75, 3.05) is 13.1 Å².